The number of H-pyrrole nitrogens is 1. The summed E-state index contributed by atoms with van der Waals surface area (Å²) < 4.78 is 5.46. The van der Waals surface area contributed by atoms with Crippen LogP contribution in [0.4, 0.5) is 5.95 Å². The number of ether oxygens (including phenoxy) is 1. The lowest BCUT2D eigenvalue weighted by Gasteiger charge is -2.33. The quantitative estimate of drug-likeness (QED) is 0.563. The standard InChI is InChI=1S/C26H33N7O/c1-20(21-8-10-23(11-9-21)22-6-3-2-4-7-22)24-28-25(31-30-24)29-26-27-12-5-13-33(26)15-14-32-16-18-34-19-17-32/h2-4,6-11,20H,5,12-19H2,1H3,(H2,27,28,29,30,31). The van der Waals surface area contributed by atoms with Gasteiger partial charge in [0.15, 0.2) is 0 Å². The van der Waals surface area contributed by atoms with Gasteiger partial charge in [-0.05, 0) is 23.1 Å². The van der Waals surface area contributed by atoms with Gasteiger partial charge in [0.25, 0.3) is 0 Å². The predicted molar refractivity (Wildman–Crippen MR) is 135 cm³/mol. The topological polar surface area (TPSA) is 81.7 Å². The highest BCUT2D eigenvalue weighted by Crippen LogP contribution is 2.25. The zero-order valence-electron chi connectivity index (χ0n) is 19.8. The Bertz CT molecular complexity index is 1070. The Morgan fingerprint density at radius 3 is 2.53 bits per heavy atom. The van der Waals surface area contributed by atoms with Gasteiger partial charge in [0.1, 0.15) is 5.82 Å². The van der Waals surface area contributed by atoms with E-state index in [4.69, 9.17) is 14.7 Å². The van der Waals surface area contributed by atoms with Crippen LogP contribution in [0.15, 0.2) is 59.6 Å². The van der Waals surface area contributed by atoms with E-state index in [-0.39, 0.29) is 5.92 Å². The van der Waals surface area contributed by atoms with E-state index < -0.39 is 0 Å². The predicted octanol–water partition coefficient (Wildman–Crippen LogP) is 3.43. The number of aromatic nitrogens is 3. The summed E-state index contributed by atoms with van der Waals surface area (Å²) in [7, 11) is 0. The van der Waals surface area contributed by atoms with Gasteiger partial charge < -0.3 is 9.64 Å². The number of guanidine groups is 1. The summed E-state index contributed by atoms with van der Waals surface area (Å²) in [4.78, 5) is 14.2. The molecule has 2 aliphatic heterocycles. The summed E-state index contributed by atoms with van der Waals surface area (Å²) in [5, 5.41) is 10.9. The lowest BCUT2D eigenvalue weighted by molar-refractivity contribution is 0.0358. The van der Waals surface area contributed by atoms with Crippen molar-refractivity contribution in [2.24, 2.45) is 4.99 Å². The molecule has 8 nitrogen and oxygen atoms in total. The molecule has 3 heterocycles. The number of morpholine rings is 1. The third kappa shape index (κ3) is 5.46. The van der Waals surface area contributed by atoms with Gasteiger partial charge in [0.05, 0.1) is 13.2 Å². The second-order valence-corrected chi connectivity index (χ2v) is 8.88. The van der Waals surface area contributed by atoms with Crippen molar-refractivity contribution in [2.75, 3.05) is 57.8 Å². The molecule has 0 bridgehead atoms. The van der Waals surface area contributed by atoms with Gasteiger partial charge in [0, 0.05) is 45.2 Å². The second kappa shape index (κ2) is 10.8. The normalized spacial score (nSPS) is 17.9. The van der Waals surface area contributed by atoms with Crippen molar-refractivity contribution in [1.82, 2.24) is 25.0 Å². The maximum atomic E-state index is 5.46. The molecular weight excluding hydrogens is 426 g/mol. The maximum Gasteiger partial charge on any atom is 0.248 e. The summed E-state index contributed by atoms with van der Waals surface area (Å²) >= 11 is 0. The minimum Gasteiger partial charge on any atom is -0.379 e. The fourth-order valence-corrected chi connectivity index (χ4v) is 4.45. The molecule has 0 spiro atoms. The Hall–Kier alpha value is -3.23. The van der Waals surface area contributed by atoms with Gasteiger partial charge >= 0.3 is 0 Å². The molecule has 178 valence electrons. The number of nitrogens with zero attached hydrogens (tertiary/aromatic N) is 5. The van der Waals surface area contributed by atoms with Crippen LogP contribution in [-0.4, -0.2) is 83.4 Å². The average Bonchev–Trinajstić information content (AvgIpc) is 3.37. The molecule has 1 aromatic heterocycles. The molecule has 5 rings (SSSR count). The SMILES string of the molecule is CC(c1ccc(-c2ccccc2)cc1)c1nc(NC2=NCCCN2CCN2CCOCC2)n[nH]1. The lowest BCUT2D eigenvalue weighted by Crippen LogP contribution is -2.46. The Kier molecular flexibility index (Phi) is 7.16. The summed E-state index contributed by atoms with van der Waals surface area (Å²) in [6.45, 7) is 9.58. The zero-order valence-corrected chi connectivity index (χ0v) is 19.8. The van der Waals surface area contributed by atoms with E-state index in [9.17, 15) is 0 Å². The van der Waals surface area contributed by atoms with Crippen molar-refractivity contribution < 1.29 is 4.74 Å². The molecule has 34 heavy (non-hydrogen) atoms. The minimum atomic E-state index is 0.110. The fraction of sp³-hybridized carbons (Fsp3) is 0.423. The second-order valence-electron chi connectivity index (χ2n) is 8.88. The van der Waals surface area contributed by atoms with Gasteiger partial charge in [-0.1, -0.05) is 61.5 Å². The van der Waals surface area contributed by atoms with Crippen LogP contribution in [0.1, 0.15) is 30.7 Å². The van der Waals surface area contributed by atoms with Crippen molar-refractivity contribution in [3.05, 3.63) is 66.0 Å². The van der Waals surface area contributed by atoms with Crippen LogP contribution in [0.25, 0.3) is 11.1 Å². The van der Waals surface area contributed by atoms with Crippen LogP contribution in [0.5, 0.6) is 0 Å². The first-order valence-electron chi connectivity index (χ1n) is 12.2. The number of aromatic amines is 1. The Labute approximate surface area is 201 Å². The van der Waals surface area contributed by atoms with Crippen LogP contribution in [0.3, 0.4) is 0 Å². The van der Waals surface area contributed by atoms with Gasteiger partial charge in [-0.3, -0.25) is 20.3 Å². The first-order chi connectivity index (χ1) is 16.8. The number of hydrogen-bond donors (Lipinski definition) is 2. The monoisotopic (exact) mass is 459 g/mol. The van der Waals surface area contributed by atoms with Gasteiger partial charge in [-0.15, -0.1) is 5.10 Å². The molecule has 2 aliphatic rings. The molecule has 2 aromatic carbocycles. The van der Waals surface area contributed by atoms with Crippen molar-refractivity contribution in [3.8, 4) is 11.1 Å². The van der Waals surface area contributed by atoms with E-state index in [1.165, 1.54) is 16.7 Å². The Morgan fingerprint density at radius 1 is 0.971 bits per heavy atom. The van der Waals surface area contributed by atoms with Crippen molar-refractivity contribution >= 4 is 11.9 Å². The van der Waals surface area contributed by atoms with Crippen LogP contribution in [0, 0.1) is 0 Å². The molecule has 8 heteroatoms. The van der Waals surface area contributed by atoms with Gasteiger partial charge in [0.2, 0.25) is 11.9 Å². The Morgan fingerprint density at radius 2 is 1.74 bits per heavy atom. The summed E-state index contributed by atoms with van der Waals surface area (Å²) in [6.07, 6.45) is 1.07. The molecule has 1 saturated heterocycles. The molecule has 1 fully saturated rings. The van der Waals surface area contributed by atoms with Gasteiger partial charge in [-0.25, -0.2) is 0 Å². The number of rotatable bonds is 7. The molecule has 0 radical (unpaired) electrons. The van der Waals surface area contributed by atoms with Crippen molar-refractivity contribution in [3.63, 3.8) is 0 Å². The van der Waals surface area contributed by atoms with E-state index in [2.05, 4.69) is 80.8 Å². The molecular formula is C26H33N7O. The molecule has 3 aromatic rings. The lowest BCUT2D eigenvalue weighted by atomic mass is 9.97. The molecule has 0 amide bonds. The third-order valence-corrected chi connectivity index (χ3v) is 6.59. The Balaban J connectivity index is 1.21. The molecule has 0 aliphatic carbocycles. The molecule has 1 atom stereocenters. The maximum absolute atomic E-state index is 5.46. The molecule has 0 saturated carbocycles. The van der Waals surface area contributed by atoms with Crippen LogP contribution in [0.2, 0.25) is 0 Å². The van der Waals surface area contributed by atoms with Crippen LogP contribution >= 0.6 is 0 Å². The summed E-state index contributed by atoms with van der Waals surface area (Å²) in [6, 6.07) is 19.1. The van der Waals surface area contributed by atoms with E-state index >= 15 is 0 Å². The number of anilines is 1. The van der Waals surface area contributed by atoms with Gasteiger partial charge in [-0.2, -0.15) is 4.98 Å². The highest BCUT2D eigenvalue weighted by Gasteiger charge is 2.20. The number of nitrogens with one attached hydrogen (secondary N) is 2. The van der Waals surface area contributed by atoms with Crippen LogP contribution in [-0.2, 0) is 4.74 Å². The third-order valence-electron chi connectivity index (χ3n) is 6.59. The average molecular weight is 460 g/mol. The summed E-state index contributed by atoms with van der Waals surface area (Å²) in [5.41, 5.74) is 3.63. The summed E-state index contributed by atoms with van der Waals surface area (Å²) in [5.74, 6) is 2.38. The van der Waals surface area contributed by atoms with E-state index in [0.29, 0.717) is 5.95 Å². The van der Waals surface area contributed by atoms with Crippen molar-refractivity contribution in [1.29, 1.82) is 0 Å². The first kappa shape index (κ1) is 22.6. The molecule has 2 N–H and O–H groups in total. The van der Waals surface area contributed by atoms with E-state index in [1.807, 2.05) is 6.07 Å². The zero-order chi connectivity index (χ0) is 23.2. The van der Waals surface area contributed by atoms with Crippen LogP contribution < -0.4 is 5.32 Å². The number of benzene rings is 2. The highest BCUT2D eigenvalue weighted by atomic mass is 16.5. The van der Waals surface area contributed by atoms with E-state index in [0.717, 1.165) is 70.7 Å². The number of hydrogen-bond acceptors (Lipinski definition) is 7. The molecule has 1 unspecified atom stereocenters. The smallest absolute Gasteiger partial charge is 0.248 e. The highest BCUT2D eigenvalue weighted by molar-refractivity contribution is 5.92. The minimum absolute atomic E-state index is 0.110. The van der Waals surface area contributed by atoms with E-state index in [1.54, 1.807) is 0 Å². The largest absolute Gasteiger partial charge is 0.379 e. The fourth-order valence-electron chi connectivity index (χ4n) is 4.45. The van der Waals surface area contributed by atoms with Crippen molar-refractivity contribution in [2.45, 2.75) is 19.3 Å². The number of aliphatic imine (C=N–C) groups is 1. The first-order valence-corrected chi connectivity index (χ1v) is 12.2.